The van der Waals surface area contributed by atoms with E-state index in [-0.39, 0.29) is 43.5 Å². The van der Waals surface area contributed by atoms with Crippen LogP contribution in [0.1, 0.15) is 41.5 Å². The van der Waals surface area contributed by atoms with E-state index in [1.54, 1.807) is 0 Å². The molecule has 0 saturated heterocycles. The van der Waals surface area contributed by atoms with E-state index in [2.05, 4.69) is 0 Å². The summed E-state index contributed by atoms with van der Waals surface area (Å²) in [6.45, 7) is 5.52. The first kappa shape index (κ1) is 21.5. The van der Waals surface area contributed by atoms with E-state index in [0.717, 1.165) is 0 Å². The highest BCUT2D eigenvalue weighted by Gasteiger charge is 2.29. The van der Waals surface area contributed by atoms with Gasteiger partial charge in [-0.3, -0.25) is 4.79 Å². The molecule has 2 rings (SSSR count). The smallest absolute Gasteiger partial charge is 0.345 e. The van der Waals surface area contributed by atoms with Gasteiger partial charge >= 0.3 is 5.97 Å². The Bertz CT molecular complexity index is 907. The van der Waals surface area contributed by atoms with Crippen LogP contribution in [0.15, 0.2) is 30.3 Å². The Labute approximate surface area is 172 Å². The monoisotopic (exact) mass is 429 g/mol. The van der Waals surface area contributed by atoms with Crippen molar-refractivity contribution in [3.8, 4) is 11.5 Å². The Morgan fingerprint density at radius 3 is 2.26 bits per heavy atom. The van der Waals surface area contributed by atoms with Gasteiger partial charge in [0, 0.05) is 5.56 Å². The summed E-state index contributed by atoms with van der Waals surface area (Å²) in [5.41, 5.74) is 5.71. The maximum Gasteiger partial charge on any atom is 0.345 e. The van der Waals surface area contributed by atoms with Gasteiger partial charge in [0.15, 0.2) is 17.3 Å². The van der Waals surface area contributed by atoms with Crippen LogP contribution in [0.2, 0.25) is 15.1 Å². The summed E-state index contributed by atoms with van der Waals surface area (Å²) in [6.07, 6.45) is 0. The van der Waals surface area contributed by atoms with Crippen LogP contribution in [0, 0.1) is 5.41 Å². The van der Waals surface area contributed by atoms with Crippen LogP contribution in [0.5, 0.6) is 11.5 Å². The molecule has 144 valence electrons. The number of rotatable bonds is 4. The summed E-state index contributed by atoms with van der Waals surface area (Å²) in [5, 5.41) is 10.3. The van der Waals surface area contributed by atoms with Crippen molar-refractivity contribution in [2.75, 3.05) is 0 Å². The minimum absolute atomic E-state index is 0.0135. The Morgan fingerprint density at radius 1 is 1.07 bits per heavy atom. The number of ketones is 1. The van der Waals surface area contributed by atoms with Gasteiger partial charge in [0.05, 0.1) is 26.7 Å². The average Bonchev–Trinajstić information content (AvgIpc) is 2.59. The van der Waals surface area contributed by atoms with Crippen molar-refractivity contribution in [3.05, 3.63) is 56.5 Å². The summed E-state index contributed by atoms with van der Waals surface area (Å²) in [7, 11) is 0. The predicted octanol–water partition coefficient (Wildman–Crippen LogP) is 5.13. The highest BCUT2D eigenvalue weighted by Crippen LogP contribution is 2.34. The van der Waals surface area contributed by atoms with Crippen LogP contribution >= 0.6 is 34.8 Å². The Kier molecular flexibility index (Phi) is 6.43. The summed E-state index contributed by atoms with van der Waals surface area (Å²) in [6, 6.07) is 5.94. The first-order valence-corrected chi connectivity index (χ1v) is 9.05. The largest absolute Gasteiger partial charge is 0.504 e. The van der Waals surface area contributed by atoms with E-state index in [9.17, 15) is 14.7 Å². The lowest BCUT2D eigenvalue weighted by molar-refractivity contribution is 0.0730. The van der Waals surface area contributed by atoms with E-state index in [1.807, 2.05) is 20.8 Å². The molecule has 0 saturated carbocycles. The number of phenols is 1. The molecule has 0 spiro atoms. The third-order valence-corrected chi connectivity index (χ3v) is 5.21. The molecule has 0 aliphatic heterocycles. The van der Waals surface area contributed by atoms with Crippen LogP contribution in [-0.2, 0) is 0 Å². The van der Waals surface area contributed by atoms with Crippen molar-refractivity contribution in [3.63, 3.8) is 0 Å². The van der Waals surface area contributed by atoms with E-state index >= 15 is 0 Å². The van der Waals surface area contributed by atoms with Gasteiger partial charge in [0.1, 0.15) is 0 Å². The Morgan fingerprint density at radius 2 is 1.70 bits per heavy atom. The lowest BCUT2D eigenvalue weighted by atomic mass is 9.83. The van der Waals surface area contributed by atoms with Gasteiger partial charge in [-0.25, -0.2) is 4.79 Å². The second kappa shape index (κ2) is 8.07. The number of hydrogen-bond acceptors (Lipinski definition) is 5. The van der Waals surface area contributed by atoms with Crippen molar-refractivity contribution in [1.82, 2.24) is 0 Å². The number of benzene rings is 2. The van der Waals surface area contributed by atoms with E-state index in [4.69, 9.17) is 45.3 Å². The van der Waals surface area contributed by atoms with Crippen LogP contribution in [0.3, 0.4) is 0 Å². The van der Waals surface area contributed by atoms with Gasteiger partial charge < -0.3 is 15.6 Å². The molecule has 0 amide bonds. The van der Waals surface area contributed by atoms with Crippen molar-refractivity contribution in [2.45, 2.75) is 26.8 Å². The number of carbonyl (C=O) groups is 2. The SMILES string of the molecule is CC(C)(C)C(N)C(=O)c1ccc(OC(=O)c2ccc(Cl)c(Cl)c2Cl)c(O)c1. The number of phenolic OH excluding ortho intramolecular Hbond substituents is 1. The van der Waals surface area contributed by atoms with Gasteiger partial charge in [-0.05, 0) is 35.7 Å². The van der Waals surface area contributed by atoms with Crippen molar-refractivity contribution >= 4 is 46.6 Å². The maximum absolute atomic E-state index is 12.4. The molecule has 0 aliphatic rings. The molecule has 3 N–H and O–H groups in total. The lowest BCUT2D eigenvalue weighted by Crippen LogP contribution is -2.42. The fraction of sp³-hybridized carbons (Fsp3) is 0.263. The number of hydrogen-bond donors (Lipinski definition) is 2. The molecule has 8 heteroatoms. The van der Waals surface area contributed by atoms with Gasteiger partial charge in [-0.2, -0.15) is 0 Å². The Balaban J connectivity index is 2.25. The topological polar surface area (TPSA) is 89.6 Å². The lowest BCUT2D eigenvalue weighted by Gasteiger charge is -2.25. The van der Waals surface area contributed by atoms with Crippen LogP contribution in [0.4, 0.5) is 0 Å². The zero-order chi connectivity index (χ0) is 20.5. The zero-order valence-corrected chi connectivity index (χ0v) is 17.1. The highest BCUT2D eigenvalue weighted by atomic mass is 35.5. The average molecular weight is 431 g/mol. The number of esters is 1. The van der Waals surface area contributed by atoms with Crippen LogP contribution in [0.25, 0.3) is 0 Å². The van der Waals surface area contributed by atoms with E-state index < -0.39 is 17.4 Å². The summed E-state index contributed by atoms with van der Waals surface area (Å²) >= 11 is 17.7. The molecular formula is C19H18Cl3NO4. The maximum atomic E-state index is 12.4. The molecular weight excluding hydrogens is 413 g/mol. The summed E-state index contributed by atoms with van der Waals surface area (Å²) in [5.74, 6) is -1.68. The zero-order valence-electron chi connectivity index (χ0n) is 14.8. The number of Topliss-reactive ketones (excluding diaryl/α,β-unsaturated/α-hetero) is 1. The normalized spacial score (nSPS) is 12.6. The standard InChI is InChI=1S/C19H18Cl3NO4/c1-19(2,3)17(23)16(25)9-4-7-13(12(24)8-9)27-18(26)10-5-6-11(20)15(22)14(10)21/h4-8,17,24H,23H2,1-3H3. The van der Waals surface area contributed by atoms with Crippen molar-refractivity contribution in [1.29, 1.82) is 0 Å². The van der Waals surface area contributed by atoms with Gasteiger partial charge in [0.2, 0.25) is 0 Å². The Hall–Kier alpha value is -1.79. The van der Waals surface area contributed by atoms with Crippen LogP contribution in [-0.4, -0.2) is 22.9 Å². The fourth-order valence-corrected chi connectivity index (χ4v) is 2.78. The highest BCUT2D eigenvalue weighted by molar-refractivity contribution is 6.49. The van der Waals surface area contributed by atoms with E-state index in [0.29, 0.717) is 0 Å². The molecule has 27 heavy (non-hydrogen) atoms. The fourth-order valence-electron chi connectivity index (χ4n) is 2.17. The van der Waals surface area contributed by atoms with Crippen molar-refractivity contribution in [2.24, 2.45) is 11.1 Å². The molecule has 0 heterocycles. The van der Waals surface area contributed by atoms with Gasteiger partial charge in [0.25, 0.3) is 0 Å². The number of carbonyl (C=O) groups excluding carboxylic acids is 2. The molecule has 0 aromatic heterocycles. The predicted molar refractivity (Wildman–Crippen MR) is 106 cm³/mol. The molecule has 2 aromatic rings. The summed E-state index contributed by atoms with van der Waals surface area (Å²) < 4.78 is 5.15. The molecule has 5 nitrogen and oxygen atoms in total. The molecule has 0 bridgehead atoms. The second-order valence-corrected chi connectivity index (χ2v) is 8.17. The van der Waals surface area contributed by atoms with E-state index in [1.165, 1.54) is 30.3 Å². The molecule has 0 fully saturated rings. The van der Waals surface area contributed by atoms with Crippen LogP contribution < -0.4 is 10.5 Å². The molecule has 1 unspecified atom stereocenters. The van der Waals surface area contributed by atoms with Gasteiger partial charge in [-0.1, -0.05) is 55.6 Å². The minimum Gasteiger partial charge on any atom is -0.504 e. The molecule has 2 aromatic carbocycles. The molecule has 0 aliphatic carbocycles. The number of aromatic hydroxyl groups is 1. The number of nitrogens with two attached hydrogens (primary N) is 1. The number of halogens is 3. The first-order chi connectivity index (χ1) is 12.4. The minimum atomic E-state index is -0.834. The third kappa shape index (κ3) is 4.74. The van der Waals surface area contributed by atoms with Crippen molar-refractivity contribution < 1.29 is 19.4 Å². The second-order valence-electron chi connectivity index (χ2n) is 7.00. The molecule has 0 radical (unpaired) electrons. The first-order valence-electron chi connectivity index (χ1n) is 7.92. The third-order valence-electron chi connectivity index (χ3n) is 3.92. The molecule has 1 atom stereocenters. The summed E-state index contributed by atoms with van der Waals surface area (Å²) in [4.78, 5) is 24.7. The van der Waals surface area contributed by atoms with Gasteiger partial charge in [-0.15, -0.1) is 0 Å². The quantitative estimate of drug-likeness (QED) is 0.304. The number of ether oxygens (including phenoxy) is 1.